The van der Waals surface area contributed by atoms with Crippen LogP contribution in [-0.2, 0) is 13.7 Å². The van der Waals surface area contributed by atoms with Gasteiger partial charge in [-0.25, -0.2) is 0 Å². The predicted octanol–water partition coefficient (Wildman–Crippen LogP) is 1.81. The van der Waals surface area contributed by atoms with Gasteiger partial charge in [-0.2, -0.15) is 5.10 Å². The summed E-state index contributed by atoms with van der Waals surface area (Å²) in [6.45, 7) is 3.80. The van der Waals surface area contributed by atoms with E-state index >= 15 is 0 Å². The molecule has 0 saturated carbocycles. The summed E-state index contributed by atoms with van der Waals surface area (Å²) in [6.07, 6.45) is 0. The Hall–Kier alpha value is -2.01. The van der Waals surface area contributed by atoms with Crippen LogP contribution in [0.1, 0.15) is 11.3 Å². The molecular weight excluding hydrogens is 252 g/mol. The summed E-state index contributed by atoms with van der Waals surface area (Å²) < 4.78 is 1.86. The third-order valence-corrected chi connectivity index (χ3v) is 3.97. The lowest BCUT2D eigenvalue weighted by Crippen LogP contribution is -2.37. The van der Waals surface area contributed by atoms with Crippen LogP contribution in [0.3, 0.4) is 0 Å². The van der Waals surface area contributed by atoms with E-state index in [-0.39, 0.29) is 6.61 Å². The molecule has 2 aromatic rings. The molecule has 1 N–H and O–H groups in total. The van der Waals surface area contributed by atoms with Crippen molar-refractivity contribution in [3.8, 4) is 0 Å². The zero-order chi connectivity index (χ0) is 14.3. The summed E-state index contributed by atoms with van der Waals surface area (Å²) >= 11 is 0. The lowest BCUT2D eigenvalue weighted by atomic mass is 10.1. The second kappa shape index (κ2) is 4.83. The molecule has 0 atom stereocenters. The normalized spacial score (nSPS) is 14.6. The Morgan fingerprint density at radius 3 is 2.55 bits per heavy atom. The first-order valence-corrected chi connectivity index (χ1v) is 6.84. The Labute approximate surface area is 119 Å². The number of likely N-dealkylation sites (N-methyl/N-ethyl adjacent to an activating group) is 1. The van der Waals surface area contributed by atoms with Crippen molar-refractivity contribution in [3.63, 3.8) is 0 Å². The van der Waals surface area contributed by atoms with E-state index in [0.717, 1.165) is 30.2 Å². The minimum absolute atomic E-state index is 0.0174. The topological polar surface area (TPSA) is 44.5 Å². The number of nitrogens with zero attached hydrogens (tertiary/aromatic N) is 4. The minimum atomic E-state index is 0.0174. The molecule has 0 radical (unpaired) electrons. The SMILES string of the molecule is Cc1nn(C)c(N2CCN(C)c3ccccc32)c1CO. The van der Waals surface area contributed by atoms with Crippen molar-refractivity contribution in [2.75, 3.05) is 29.9 Å². The van der Waals surface area contributed by atoms with Gasteiger partial charge in [-0.1, -0.05) is 12.1 Å². The molecule has 1 aromatic carbocycles. The maximum atomic E-state index is 9.65. The van der Waals surface area contributed by atoms with Crippen LogP contribution >= 0.6 is 0 Å². The molecule has 2 heterocycles. The maximum absolute atomic E-state index is 9.65. The van der Waals surface area contributed by atoms with Crippen molar-refractivity contribution in [1.82, 2.24) is 9.78 Å². The Morgan fingerprint density at radius 2 is 1.85 bits per heavy atom. The summed E-state index contributed by atoms with van der Waals surface area (Å²) in [6, 6.07) is 8.35. The molecular formula is C15H20N4O. The van der Waals surface area contributed by atoms with E-state index in [2.05, 4.69) is 40.1 Å². The number of rotatable bonds is 2. The van der Waals surface area contributed by atoms with Crippen LogP contribution in [-0.4, -0.2) is 35.0 Å². The second-order valence-electron chi connectivity index (χ2n) is 5.23. The van der Waals surface area contributed by atoms with E-state index in [9.17, 15) is 5.11 Å². The smallest absolute Gasteiger partial charge is 0.136 e. The zero-order valence-electron chi connectivity index (χ0n) is 12.2. The summed E-state index contributed by atoms with van der Waals surface area (Å²) in [5, 5.41) is 14.1. The first-order valence-electron chi connectivity index (χ1n) is 6.84. The van der Waals surface area contributed by atoms with E-state index in [1.165, 1.54) is 11.4 Å². The van der Waals surface area contributed by atoms with Gasteiger partial charge in [0.25, 0.3) is 0 Å². The number of para-hydroxylation sites is 2. The van der Waals surface area contributed by atoms with E-state index in [1.54, 1.807) is 0 Å². The third kappa shape index (κ3) is 1.86. The highest BCUT2D eigenvalue weighted by Gasteiger charge is 2.26. The van der Waals surface area contributed by atoms with Gasteiger partial charge in [0.1, 0.15) is 5.82 Å². The molecule has 20 heavy (non-hydrogen) atoms. The molecule has 5 heteroatoms. The molecule has 0 saturated heterocycles. The Morgan fingerprint density at radius 1 is 1.15 bits per heavy atom. The Kier molecular flexibility index (Phi) is 3.14. The molecule has 106 valence electrons. The van der Waals surface area contributed by atoms with E-state index in [1.807, 2.05) is 24.7 Å². The van der Waals surface area contributed by atoms with Crippen LogP contribution in [0, 0.1) is 6.92 Å². The van der Waals surface area contributed by atoms with Gasteiger partial charge in [0.05, 0.1) is 23.7 Å². The molecule has 0 spiro atoms. The highest BCUT2D eigenvalue weighted by atomic mass is 16.3. The van der Waals surface area contributed by atoms with Crippen LogP contribution < -0.4 is 9.80 Å². The lowest BCUT2D eigenvalue weighted by molar-refractivity contribution is 0.281. The monoisotopic (exact) mass is 272 g/mol. The molecule has 1 aliphatic heterocycles. The molecule has 3 rings (SSSR count). The Balaban J connectivity index is 2.15. The number of aliphatic hydroxyl groups excluding tert-OH is 1. The van der Waals surface area contributed by atoms with Crippen LogP contribution in [0.2, 0.25) is 0 Å². The number of anilines is 3. The van der Waals surface area contributed by atoms with Gasteiger partial charge in [-0.3, -0.25) is 4.68 Å². The number of aryl methyl sites for hydroxylation is 2. The van der Waals surface area contributed by atoms with Crippen molar-refractivity contribution in [1.29, 1.82) is 0 Å². The van der Waals surface area contributed by atoms with Crippen molar-refractivity contribution < 1.29 is 5.11 Å². The quantitative estimate of drug-likeness (QED) is 0.905. The first kappa shape index (κ1) is 13.0. The fourth-order valence-electron chi connectivity index (χ4n) is 2.94. The fourth-order valence-corrected chi connectivity index (χ4v) is 2.94. The van der Waals surface area contributed by atoms with Crippen LogP contribution in [0.15, 0.2) is 24.3 Å². The number of benzene rings is 1. The van der Waals surface area contributed by atoms with Gasteiger partial charge in [0.15, 0.2) is 0 Å². The van der Waals surface area contributed by atoms with E-state index < -0.39 is 0 Å². The van der Waals surface area contributed by atoms with Crippen molar-refractivity contribution in [2.45, 2.75) is 13.5 Å². The molecule has 0 aliphatic carbocycles. The number of aliphatic hydroxyl groups is 1. The van der Waals surface area contributed by atoms with Gasteiger partial charge >= 0.3 is 0 Å². The number of hydrogen-bond acceptors (Lipinski definition) is 4. The average Bonchev–Trinajstić information content (AvgIpc) is 2.73. The van der Waals surface area contributed by atoms with E-state index in [4.69, 9.17) is 0 Å². The van der Waals surface area contributed by atoms with Gasteiger partial charge in [-0.15, -0.1) is 0 Å². The van der Waals surface area contributed by atoms with Crippen molar-refractivity contribution in [3.05, 3.63) is 35.5 Å². The predicted molar refractivity (Wildman–Crippen MR) is 80.6 cm³/mol. The molecule has 0 amide bonds. The third-order valence-electron chi connectivity index (χ3n) is 3.97. The lowest BCUT2D eigenvalue weighted by Gasteiger charge is -2.37. The maximum Gasteiger partial charge on any atom is 0.136 e. The highest BCUT2D eigenvalue weighted by Crippen LogP contribution is 2.38. The van der Waals surface area contributed by atoms with Crippen molar-refractivity contribution >= 4 is 17.2 Å². The van der Waals surface area contributed by atoms with Gasteiger partial charge in [0.2, 0.25) is 0 Å². The number of aromatic nitrogens is 2. The largest absolute Gasteiger partial charge is 0.391 e. The van der Waals surface area contributed by atoms with Gasteiger partial charge in [0, 0.05) is 32.7 Å². The summed E-state index contributed by atoms with van der Waals surface area (Å²) in [5.74, 6) is 0.991. The summed E-state index contributed by atoms with van der Waals surface area (Å²) in [5.41, 5.74) is 4.17. The fraction of sp³-hybridized carbons (Fsp3) is 0.400. The van der Waals surface area contributed by atoms with Gasteiger partial charge in [-0.05, 0) is 19.1 Å². The van der Waals surface area contributed by atoms with Gasteiger partial charge < -0.3 is 14.9 Å². The molecule has 1 aromatic heterocycles. The minimum Gasteiger partial charge on any atom is -0.391 e. The molecule has 0 fully saturated rings. The molecule has 0 unspecified atom stereocenters. The molecule has 1 aliphatic rings. The Bertz CT molecular complexity index is 635. The van der Waals surface area contributed by atoms with Crippen LogP contribution in [0.4, 0.5) is 17.2 Å². The zero-order valence-corrected chi connectivity index (χ0v) is 12.2. The number of fused-ring (bicyclic) bond motifs is 1. The van der Waals surface area contributed by atoms with E-state index in [0.29, 0.717) is 0 Å². The van der Waals surface area contributed by atoms with Crippen molar-refractivity contribution in [2.24, 2.45) is 7.05 Å². The summed E-state index contributed by atoms with van der Waals surface area (Å²) in [7, 11) is 4.04. The molecule has 0 bridgehead atoms. The standard InChI is InChI=1S/C15H20N4O/c1-11-12(10-20)15(18(3)16-11)19-9-8-17(2)13-6-4-5-7-14(13)19/h4-7,20H,8-10H2,1-3H3. The second-order valence-corrected chi connectivity index (χ2v) is 5.23. The van der Waals surface area contributed by atoms with Crippen LogP contribution in [0.5, 0.6) is 0 Å². The highest BCUT2D eigenvalue weighted by molar-refractivity contribution is 5.79. The summed E-state index contributed by atoms with van der Waals surface area (Å²) in [4.78, 5) is 4.51. The average molecular weight is 272 g/mol. The van der Waals surface area contributed by atoms with Crippen LogP contribution in [0.25, 0.3) is 0 Å². The number of hydrogen-bond donors (Lipinski definition) is 1. The first-order chi connectivity index (χ1) is 9.63. The molecule has 5 nitrogen and oxygen atoms in total.